The average Bonchev–Trinajstić information content (AvgIpc) is 2.91. The van der Waals surface area contributed by atoms with E-state index in [1.165, 1.54) is 11.3 Å². The molecular weight excluding hydrogens is 250 g/mol. The van der Waals surface area contributed by atoms with Gasteiger partial charge in [-0.1, -0.05) is 23.5 Å². The minimum Gasteiger partial charge on any atom is -0.382 e. The highest BCUT2D eigenvalue weighted by molar-refractivity contribution is 7.21. The van der Waals surface area contributed by atoms with Crippen LogP contribution in [0.15, 0.2) is 34.5 Å². The maximum absolute atomic E-state index is 5.61. The maximum Gasteiger partial charge on any atom is 0.231 e. The molecule has 0 spiro atoms. The minimum atomic E-state index is 0.220. The van der Waals surface area contributed by atoms with Crippen LogP contribution in [0.5, 0.6) is 0 Å². The van der Waals surface area contributed by atoms with Gasteiger partial charge in [0.25, 0.3) is 0 Å². The molecule has 1 aromatic carbocycles. The van der Waals surface area contributed by atoms with E-state index in [9.17, 15) is 0 Å². The lowest BCUT2D eigenvalue weighted by Crippen LogP contribution is -1.84. The van der Waals surface area contributed by atoms with Gasteiger partial charge in [-0.15, -0.1) is 10.2 Å². The molecule has 0 aliphatic carbocycles. The van der Waals surface area contributed by atoms with Crippen LogP contribution < -0.4 is 11.5 Å². The predicted molar refractivity (Wildman–Crippen MR) is 71.2 cm³/mol. The molecule has 0 unspecified atom stereocenters. The molecule has 18 heavy (non-hydrogen) atoms. The van der Waals surface area contributed by atoms with Gasteiger partial charge in [0.05, 0.1) is 10.2 Å². The van der Waals surface area contributed by atoms with Crippen molar-refractivity contribution in [2.24, 2.45) is 10.2 Å². The Morgan fingerprint density at radius 1 is 1.17 bits per heavy atom. The van der Waals surface area contributed by atoms with Crippen LogP contribution in [0.4, 0.5) is 22.5 Å². The van der Waals surface area contributed by atoms with Crippen molar-refractivity contribution in [2.45, 2.75) is 0 Å². The summed E-state index contributed by atoms with van der Waals surface area (Å²) in [6.45, 7) is 0. The number of nitrogen functional groups attached to an aromatic ring is 2. The van der Waals surface area contributed by atoms with Gasteiger partial charge in [-0.25, -0.2) is 4.98 Å². The number of nitrogens with one attached hydrogen (secondary N) is 1. The Kier molecular flexibility index (Phi) is 2.41. The summed E-state index contributed by atoms with van der Waals surface area (Å²) in [7, 11) is 0. The van der Waals surface area contributed by atoms with Gasteiger partial charge < -0.3 is 11.5 Å². The number of nitrogens with zero attached hydrogens (tertiary/aromatic N) is 4. The molecule has 3 aromatic rings. The van der Waals surface area contributed by atoms with Gasteiger partial charge in [0.15, 0.2) is 11.5 Å². The largest absolute Gasteiger partial charge is 0.382 e. The fourth-order valence-electron chi connectivity index (χ4n) is 1.47. The summed E-state index contributed by atoms with van der Waals surface area (Å²) < 4.78 is 1.06. The molecule has 3 rings (SSSR count). The third-order valence-electron chi connectivity index (χ3n) is 2.31. The Balaban J connectivity index is 1.97. The second-order valence-electron chi connectivity index (χ2n) is 3.54. The van der Waals surface area contributed by atoms with E-state index in [0.29, 0.717) is 10.8 Å². The number of para-hydroxylation sites is 1. The molecule has 0 radical (unpaired) electrons. The quantitative estimate of drug-likeness (QED) is 0.613. The van der Waals surface area contributed by atoms with Crippen molar-refractivity contribution >= 4 is 44.0 Å². The number of hydrogen-bond donors (Lipinski definition) is 3. The van der Waals surface area contributed by atoms with E-state index in [4.69, 9.17) is 11.5 Å². The molecule has 5 N–H and O–H groups in total. The Hall–Kier alpha value is -2.48. The number of azo groups is 1. The van der Waals surface area contributed by atoms with Crippen LogP contribution >= 0.6 is 11.3 Å². The number of aromatic amines is 1. The van der Waals surface area contributed by atoms with E-state index < -0.39 is 0 Å². The summed E-state index contributed by atoms with van der Waals surface area (Å²) in [5, 5.41) is 14.8. The lowest BCUT2D eigenvalue weighted by Gasteiger charge is -1.88. The number of thiazole rings is 1. The van der Waals surface area contributed by atoms with Gasteiger partial charge in [0.1, 0.15) is 5.82 Å². The second kappa shape index (κ2) is 4.08. The molecule has 2 heterocycles. The fourth-order valence-corrected chi connectivity index (χ4v) is 2.25. The first-order valence-corrected chi connectivity index (χ1v) is 5.92. The van der Waals surface area contributed by atoms with Crippen LogP contribution in [0.3, 0.4) is 0 Å². The Morgan fingerprint density at radius 3 is 2.72 bits per heavy atom. The Morgan fingerprint density at radius 2 is 2.00 bits per heavy atom. The van der Waals surface area contributed by atoms with Gasteiger partial charge in [0.2, 0.25) is 5.13 Å². The minimum absolute atomic E-state index is 0.220. The number of fused-ring (bicyclic) bond motifs is 1. The molecule has 0 fully saturated rings. The Bertz CT molecular complexity index is 674. The van der Waals surface area contributed by atoms with Crippen molar-refractivity contribution in [3.8, 4) is 0 Å². The number of aromatic nitrogens is 3. The van der Waals surface area contributed by atoms with Crippen LogP contribution in [0, 0.1) is 0 Å². The summed E-state index contributed by atoms with van der Waals surface area (Å²) in [6, 6.07) is 7.78. The number of anilines is 2. The first-order chi connectivity index (χ1) is 8.74. The van der Waals surface area contributed by atoms with Crippen LogP contribution in [-0.2, 0) is 0 Å². The van der Waals surface area contributed by atoms with Crippen LogP contribution in [0.1, 0.15) is 0 Å². The zero-order valence-electron chi connectivity index (χ0n) is 9.16. The van der Waals surface area contributed by atoms with E-state index in [-0.39, 0.29) is 11.6 Å². The summed E-state index contributed by atoms with van der Waals surface area (Å²) in [6.07, 6.45) is 0. The highest BCUT2D eigenvalue weighted by Crippen LogP contribution is 2.31. The third-order valence-corrected chi connectivity index (χ3v) is 3.23. The normalized spacial score (nSPS) is 11.6. The molecule has 90 valence electrons. The van der Waals surface area contributed by atoms with E-state index in [2.05, 4.69) is 25.4 Å². The van der Waals surface area contributed by atoms with Gasteiger partial charge in [-0.05, 0) is 12.1 Å². The Labute approximate surface area is 106 Å². The molecular formula is C10H9N7S. The van der Waals surface area contributed by atoms with Gasteiger partial charge in [0, 0.05) is 0 Å². The van der Waals surface area contributed by atoms with Crippen molar-refractivity contribution in [1.29, 1.82) is 0 Å². The first kappa shape index (κ1) is 10.7. The molecule has 0 aliphatic rings. The smallest absolute Gasteiger partial charge is 0.231 e. The molecule has 0 bridgehead atoms. The van der Waals surface area contributed by atoms with Crippen LogP contribution in [0.25, 0.3) is 10.2 Å². The lowest BCUT2D eigenvalue weighted by molar-refractivity contribution is 1.11. The summed E-state index contributed by atoms with van der Waals surface area (Å²) in [5.41, 5.74) is 12.4. The SMILES string of the molecule is Nc1n[nH]c(N)c1N=Nc1nc2ccccc2s1. The average molecular weight is 259 g/mol. The lowest BCUT2D eigenvalue weighted by atomic mass is 10.3. The number of H-pyrrole nitrogens is 1. The van der Waals surface area contributed by atoms with E-state index in [0.717, 1.165) is 10.2 Å². The molecule has 8 heteroatoms. The van der Waals surface area contributed by atoms with Gasteiger partial charge in [-0.3, -0.25) is 5.10 Å². The first-order valence-electron chi connectivity index (χ1n) is 5.10. The molecule has 0 aliphatic heterocycles. The van der Waals surface area contributed by atoms with Crippen molar-refractivity contribution in [3.05, 3.63) is 24.3 Å². The highest BCUT2D eigenvalue weighted by Gasteiger charge is 2.07. The van der Waals surface area contributed by atoms with Crippen molar-refractivity contribution in [2.75, 3.05) is 11.5 Å². The van der Waals surface area contributed by atoms with E-state index in [1.807, 2.05) is 24.3 Å². The standard InChI is InChI=1S/C10H9N7S/c11-8-7(9(12)16-15-8)14-17-10-13-5-3-1-2-4-6(5)18-10/h1-4H,(H5,11,12,15,16). The zero-order chi connectivity index (χ0) is 12.5. The number of rotatable bonds is 2. The molecule has 0 amide bonds. The molecule has 0 saturated carbocycles. The molecule has 7 nitrogen and oxygen atoms in total. The molecule has 0 atom stereocenters. The highest BCUT2D eigenvalue weighted by atomic mass is 32.1. The van der Waals surface area contributed by atoms with Crippen molar-refractivity contribution < 1.29 is 0 Å². The molecule has 0 saturated heterocycles. The number of benzene rings is 1. The monoisotopic (exact) mass is 259 g/mol. The topological polar surface area (TPSA) is 118 Å². The summed E-state index contributed by atoms with van der Waals surface area (Å²) in [4.78, 5) is 4.32. The van der Waals surface area contributed by atoms with Gasteiger partial charge in [-0.2, -0.15) is 5.10 Å². The number of hydrogen-bond acceptors (Lipinski definition) is 7. The van der Waals surface area contributed by atoms with Gasteiger partial charge >= 0.3 is 0 Å². The van der Waals surface area contributed by atoms with Crippen LogP contribution in [-0.4, -0.2) is 15.2 Å². The predicted octanol–water partition coefficient (Wildman–Crippen LogP) is 2.60. The number of nitrogens with two attached hydrogens (primary N) is 2. The summed E-state index contributed by atoms with van der Waals surface area (Å²) in [5.74, 6) is 0.509. The third kappa shape index (κ3) is 1.78. The van der Waals surface area contributed by atoms with E-state index >= 15 is 0 Å². The van der Waals surface area contributed by atoms with Crippen molar-refractivity contribution in [1.82, 2.24) is 15.2 Å². The molecule has 2 aromatic heterocycles. The summed E-state index contributed by atoms with van der Waals surface area (Å²) >= 11 is 1.45. The fraction of sp³-hybridized carbons (Fsp3) is 0. The van der Waals surface area contributed by atoms with Crippen LogP contribution in [0.2, 0.25) is 0 Å². The van der Waals surface area contributed by atoms with Crippen molar-refractivity contribution in [3.63, 3.8) is 0 Å². The zero-order valence-corrected chi connectivity index (χ0v) is 9.98. The second-order valence-corrected chi connectivity index (χ2v) is 4.54. The van der Waals surface area contributed by atoms with E-state index in [1.54, 1.807) is 0 Å². The maximum atomic E-state index is 5.61.